The Balaban J connectivity index is 1.45. The molecular weight excluding hydrogens is 402 g/mol. The molecule has 1 N–H and O–H groups in total. The van der Waals surface area contributed by atoms with Crippen LogP contribution in [0.15, 0.2) is 36.4 Å². The molecule has 0 spiro atoms. The molecule has 8 nitrogen and oxygen atoms in total. The molecule has 1 aliphatic heterocycles. The lowest BCUT2D eigenvalue weighted by Gasteiger charge is -2.18. The van der Waals surface area contributed by atoms with E-state index in [1.54, 1.807) is 18.2 Å². The zero-order valence-electron chi connectivity index (χ0n) is 17.8. The summed E-state index contributed by atoms with van der Waals surface area (Å²) in [6.45, 7) is 5.75. The molecule has 1 heterocycles. The fourth-order valence-corrected chi connectivity index (χ4v) is 3.03. The van der Waals surface area contributed by atoms with Gasteiger partial charge in [-0.3, -0.25) is 4.79 Å². The quantitative estimate of drug-likeness (QED) is 0.581. The zero-order chi connectivity index (χ0) is 22.1. The second kappa shape index (κ2) is 11.1. The summed E-state index contributed by atoms with van der Waals surface area (Å²) in [5.41, 5.74) is 1.30. The van der Waals surface area contributed by atoms with Crippen LogP contribution >= 0.6 is 0 Å². The van der Waals surface area contributed by atoms with Crippen LogP contribution in [0.5, 0.6) is 23.0 Å². The summed E-state index contributed by atoms with van der Waals surface area (Å²) in [6, 6.07) is 10.5. The van der Waals surface area contributed by atoms with Crippen molar-refractivity contribution in [3.63, 3.8) is 0 Å². The standard InChI is InChI=1S/C23H27NO7/c1-3-27-18-8-6-17(14-21(18)28-4-2)23(26)31-15-22(25)24-10-9-16-5-7-19-20(13-16)30-12-11-29-19/h5-8,13-14H,3-4,9-12,15H2,1-2H3,(H,24,25). The number of rotatable bonds is 10. The summed E-state index contributed by atoms with van der Waals surface area (Å²) >= 11 is 0. The number of benzene rings is 2. The summed E-state index contributed by atoms with van der Waals surface area (Å²) < 4.78 is 27.2. The molecule has 0 saturated heterocycles. The van der Waals surface area contributed by atoms with Crippen molar-refractivity contribution in [2.45, 2.75) is 20.3 Å². The van der Waals surface area contributed by atoms with E-state index in [4.69, 9.17) is 23.7 Å². The van der Waals surface area contributed by atoms with Gasteiger partial charge in [-0.2, -0.15) is 0 Å². The summed E-state index contributed by atoms with van der Waals surface area (Å²) in [6.07, 6.45) is 0.618. The van der Waals surface area contributed by atoms with Gasteiger partial charge in [-0.15, -0.1) is 0 Å². The molecular formula is C23H27NO7. The first-order valence-electron chi connectivity index (χ1n) is 10.3. The van der Waals surface area contributed by atoms with E-state index >= 15 is 0 Å². The molecule has 3 rings (SSSR count). The van der Waals surface area contributed by atoms with E-state index in [-0.39, 0.29) is 18.1 Å². The molecule has 0 aromatic heterocycles. The lowest BCUT2D eigenvalue weighted by molar-refractivity contribution is -0.124. The van der Waals surface area contributed by atoms with Gasteiger partial charge in [0.1, 0.15) is 13.2 Å². The normalized spacial score (nSPS) is 12.1. The van der Waals surface area contributed by atoms with Gasteiger partial charge in [-0.1, -0.05) is 6.07 Å². The first-order valence-corrected chi connectivity index (χ1v) is 10.3. The van der Waals surface area contributed by atoms with Crippen LogP contribution in [0.25, 0.3) is 0 Å². The lowest BCUT2D eigenvalue weighted by atomic mass is 10.1. The van der Waals surface area contributed by atoms with Crippen LogP contribution in [0.2, 0.25) is 0 Å². The average molecular weight is 429 g/mol. The number of hydrogen-bond donors (Lipinski definition) is 1. The Kier molecular flexibility index (Phi) is 7.98. The Morgan fingerprint density at radius 2 is 1.68 bits per heavy atom. The molecule has 0 radical (unpaired) electrons. The number of ether oxygens (including phenoxy) is 5. The predicted octanol–water partition coefficient (Wildman–Crippen LogP) is 2.77. The Morgan fingerprint density at radius 3 is 2.45 bits per heavy atom. The first-order chi connectivity index (χ1) is 15.1. The van der Waals surface area contributed by atoms with Crippen LogP contribution in [0, 0.1) is 0 Å². The molecule has 0 atom stereocenters. The molecule has 166 valence electrons. The Bertz CT molecular complexity index is 913. The molecule has 0 unspecified atom stereocenters. The number of esters is 1. The van der Waals surface area contributed by atoms with Crippen molar-refractivity contribution in [3.05, 3.63) is 47.5 Å². The topological polar surface area (TPSA) is 92.3 Å². The number of carbonyl (C=O) groups excluding carboxylic acids is 2. The van der Waals surface area contributed by atoms with Gasteiger partial charge < -0.3 is 29.0 Å². The number of amides is 1. The van der Waals surface area contributed by atoms with Gasteiger partial charge in [0.15, 0.2) is 29.6 Å². The smallest absolute Gasteiger partial charge is 0.338 e. The fourth-order valence-electron chi connectivity index (χ4n) is 3.03. The molecule has 1 amide bonds. The summed E-state index contributed by atoms with van der Waals surface area (Å²) in [5, 5.41) is 2.74. The van der Waals surface area contributed by atoms with Gasteiger partial charge in [-0.05, 0) is 56.2 Å². The Labute approximate surface area is 181 Å². The van der Waals surface area contributed by atoms with Gasteiger partial charge in [-0.25, -0.2) is 4.79 Å². The van der Waals surface area contributed by atoms with Crippen LogP contribution in [-0.4, -0.2) is 51.5 Å². The molecule has 2 aromatic carbocycles. The van der Waals surface area contributed by atoms with Crippen LogP contribution in [0.1, 0.15) is 29.8 Å². The lowest BCUT2D eigenvalue weighted by Crippen LogP contribution is -2.30. The summed E-state index contributed by atoms with van der Waals surface area (Å²) in [5.74, 6) is 1.48. The minimum atomic E-state index is -0.606. The zero-order valence-corrected chi connectivity index (χ0v) is 17.8. The fraction of sp³-hybridized carbons (Fsp3) is 0.391. The maximum Gasteiger partial charge on any atom is 0.338 e. The highest BCUT2D eigenvalue weighted by Gasteiger charge is 2.15. The van der Waals surface area contributed by atoms with Gasteiger partial charge in [0.05, 0.1) is 18.8 Å². The van der Waals surface area contributed by atoms with Crippen LogP contribution in [-0.2, 0) is 16.0 Å². The second-order valence-electron chi connectivity index (χ2n) is 6.68. The van der Waals surface area contributed by atoms with E-state index in [0.717, 1.165) is 11.3 Å². The molecule has 0 fully saturated rings. The maximum atomic E-state index is 12.3. The Hall–Kier alpha value is -3.42. The Morgan fingerprint density at radius 1 is 0.935 bits per heavy atom. The van der Waals surface area contributed by atoms with Crippen molar-refractivity contribution in [3.8, 4) is 23.0 Å². The molecule has 31 heavy (non-hydrogen) atoms. The van der Waals surface area contributed by atoms with E-state index in [1.807, 2.05) is 32.0 Å². The minimum absolute atomic E-state index is 0.288. The monoisotopic (exact) mass is 429 g/mol. The first kappa shape index (κ1) is 22.3. The van der Waals surface area contributed by atoms with Crippen molar-refractivity contribution in [1.82, 2.24) is 5.32 Å². The third kappa shape index (κ3) is 6.28. The highest BCUT2D eigenvalue weighted by atomic mass is 16.6. The van der Waals surface area contributed by atoms with Crippen molar-refractivity contribution < 1.29 is 33.3 Å². The number of fused-ring (bicyclic) bond motifs is 1. The third-order valence-corrected chi connectivity index (χ3v) is 4.46. The van der Waals surface area contributed by atoms with Crippen LogP contribution in [0.4, 0.5) is 0 Å². The maximum absolute atomic E-state index is 12.3. The molecule has 0 aliphatic carbocycles. The number of hydrogen-bond acceptors (Lipinski definition) is 7. The minimum Gasteiger partial charge on any atom is -0.490 e. The number of nitrogens with one attached hydrogen (secondary N) is 1. The van der Waals surface area contributed by atoms with Gasteiger partial charge in [0.25, 0.3) is 5.91 Å². The van der Waals surface area contributed by atoms with Crippen molar-refractivity contribution in [2.24, 2.45) is 0 Å². The highest BCUT2D eigenvalue weighted by molar-refractivity contribution is 5.92. The number of carbonyl (C=O) groups is 2. The van der Waals surface area contributed by atoms with E-state index in [1.165, 1.54) is 0 Å². The van der Waals surface area contributed by atoms with Crippen LogP contribution in [0.3, 0.4) is 0 Å². The van der Waals surface area contributed by atoms with Gasteiger partial charge in [0.2, 0.25) is 0 Å². The van der Waals surface area contributed by atoms with Gasteiger partial charge >= 0.3 is 5.97 Å². The average Bonchev–Trinajstić information content (AvgIpc) is 2.79. The summed E-state index contributed by atoms with van der Waals surface area (Å²) in [4.78, 5) is 24.3. The molecule has 1 aliphatic rings. The predicted molar refractivity (Wildman–Crippen MR) is 113 cm³/mol. The van der Waals surface area contributed by atoms with Gasteiger partial charge in [0, 0.05) is 6.54 Å². The van der Waals surface area contributed by atoms with Crippen LogP contribution < -0.4 is 24.3 Å². The van der Waals surface area contributed by atoms with E-state index in [0.29, 0.717) is 56.6 Å². The highest BCUT2D eigenvalue weighted by Crippen LogP contribution is 2.31. The van der Waals surface area contributed by atoms with Crippen molar-refractivity contribution in [2.75, 3.05) is 39.6 Å². The largest absolute Gasteiger partial charge is 0.490 e. The van der Waals surface area contributed by atoms with Crippen molar-refractivity contribution >= 4 is 11.9 Å². The second-order valence-corrected chi connectivity index (χ2v) is 6.68. The summed E-state index contributed by atoms with van der Waals surface area (Å²) in [7, 11) is 0. The van der Waals surface area contributed by atoms with Crippen molar-refractivity contribution in [1.29, 1.82) is 0 Å². The molecule has 8 heteroatoms. The molecule has 0 bridgehead atoms. The SMILES string of the molecule is CCOc1ccc(C(=O)OCC(=O)NCCc2ccc3c(c2)OCCO3)cc1OCC. The van der Waals surface area contributed by atoms with E-state index in [2.05, 4.69) is 5.32 Å². The third-order valence-electron chi connectivity index (χ3n) is 4.46. The van der Waals surface area contributed by atoms with E-state index < -0.39 is 5.97 Å². The molecule has 0 saturated carbocycles. The van der Waals surface area contributed by atoms with E-state index in [9.17, 15) is 9.59 Å². The molecule has 2 aromatic rings.